The van der Waals surface area contributed by atoms with Crippen LogP contribution in [0.2, 0.25) is 0 Å². The number of hydrogen-bond donors (Lipinski definition) is 2. The summed E-state index contributed by atoms with van der Waals surface area (Å²) in [6.45, 7) is 3.17. The molecule has 0 amide bonds. The lowest BCUT2D eigenvalue weighted by Gasteiger charge is -2.04. The van der Waals surface area contributed by atoms with Crippen LogP contribution in [0.5, 0.6) is 0 Å². The molecule has 0 spiro atoms. The smallest absolute Gasteiger partial charge is 0.271 e. The molecule has 6 heteroatoms. The maximum Gasteiger partial charge on any atom is 0.271 e. The zero-order chi connectivity index (χ0) is 13.9. The van der Waals surface area contributed by atoms with Crippen molar-refractivity contribution in [2.45, 2.75) is 25.1 Å². The molecule has 0 bridgehead atoms. The van der Waals surface area contributed by atoms with E-state index < -0.39 is 10.0 Å². The first-order chi connectivity index (χ1) is 8.95. The average molecular weight is 280 g/mol. The summed E-state index contributed by atoms with van der Waals surface area (Å²) in [4.78, 5) is 0. The van der Waals surface area contributed by atoms with Crippen molar-refractivity contribution >= 4 is 10.0 Å². The monoisotopic (exact) mass is 280 g/mol. The standard InChI is InChI=1S/C13H16N2O3S/c1-10-3-2-4-11(7-10)8-15-9-12-5-6-13(18-12)19(14,16)17/h2-7,15H,8-9H2,1H3,(H2,14,16,17). The summed E-state index contributed by atoms with van der Waals surface area (Å²) in [5, 5.41) is 7.94. The van der Waals surface area contributed by atoms with E-state index >= 15 is 0 Å². The second-order valence-corrected chi connectivity index (χ2v) is 5.85. The van der Waals surface area contributed by atoms with Crippen molar-refractivity contribution in [2.24, 2.45) is 5.14 Å². The van der Waals surface area contributed by atoms with E-state index in [-0.39, 0.29) is 5.09 Å². The van der Waals surface area contributed by atoms with Crippen LogP contribution in [0.25, 0.3) is 0 Å². The van der Waals surface area contributed by atoms with Gasteiger partial charge in [0, 0.05) is 6.54 Å². The van der Waals surface area contributed by atoms with E-state index in [1.54, 1.807) is 6.07 Å². The Morgan fingerprint density at radius 1 is 1.21 bits per heavy atom. The van der Waals surface area contributed by atoms with Gasteiger partial charge in [-0.15, -0.1) is 0 Å². The molecule has 0 aliphatic rings. The van der Waals surface area contributed by atoms with Crippen LogP contribution in [0, 0.1) is 6.92 Å². The van der Waals surface area contributed by atoms with Gasteiger partial charge in [0.25, 0.3) is 10.0 Å². The molecule has 1 heterocycles. The predicted molar refractivity (Wildman–Crippen MR) is 71.8 cm³/mol. The van der Waals surface area contributed by atoms with Gasteiger partial charge in [-0.05, 0) is 24.6 Å². The lowest BCUT2D eigenvalue weighted by molar-refractivity contribution is 0.402. The molecular formula is C13H16N2O3S. The Morgan fingerprint density at radius 2 is 2.00 bits per heavy atom. The number of aryl methyl sites for hydroxylation is 1. The van der Waals surface area contributed by atoms with Crippen LogP contribution >= 0.6 is 0 Å². The first kappa shape index (κ1) is 13.8. The molecule has 2 rings (SSSR count). The van der Waals surface area contributed by atoms with Gasteiger partial charge in [0.15, 0.2) is 0 Å². The summed E-state index contributed by atoms with van der Waals surface area (Å²) < 4.78 is 27.2. The largest absolute Gasteiger partial charge is 0.447 e. The minimum Gasteiger partial charge on any atom is -0.447 e. The second-order valence-electron chi connectivity index (χ2n) is 4.36. The maximum atomic E-state index is 11.0. The molecular weight excluding hydrogens is 264 g/mol. The minimum atomic E-state index is -3.76. The molecule has 0 radical (unpaired) electrons. The molecule has 0 fully saturated rings. The quantitative estimate of drug-likeness (QED) is 0.869. The molecule has 0 unspecified atom stereocenters. The number of rotatable bonds is 5. The molecule has 3 N–H and O–H groups in total. The van der Waals surface area contributed by atoms with E-state index in [0.717, 1.165) is 0 Å². The number of benzene rings is 1. The molecule has 1 aromatic heterocycles. The van der Waals surface area contributed by atoms with Crippen LogP contribution in [0.15, 0.2) is 45.9 Å². The van der Waals surface area contributed by atoms with Gasteiger partial charge in [-0.1, -0.05) is 29.8 Å². The molecule has 19 heavy (non-hydrogen) atoms. The Bertz CT molecular complexity index is 662. The highest BCUT2D eigenvalue weighted by atomic mass is 32.2. The molecule has 102 valence electrons. The molecule has 5 nitrogen and oxygen atoms in total. The number of furan rings is 1. The first-order valence-electron chi connectivity index (χ1n) is 5.83. The van der Waals surface area contributed by atoms with Gasteiger partial charge in [0.2, 0.25) is 5.09 Å². The number of nitrogens with two attached hydrogens (primary N) is 1. The summed E-state index contributed by atoms with van der Waals surface area (Å²) in [6.07, 6.45) is 0. The molecule has 0 aliphatic carbocycles. The first-order valence-corrected chi connectivity index (χ1v) is 7.37. The predicted octanol–water partition coefficient (Wildman–Crippen LogP) is 1.53. The highest BCUT2D eigenvalue weighted by Crippen LogP contribution is 2.12. The molecule has 0 saturated heterocycles. The molecule has 0 saturated carbocycles. The van der Waals surface area contributed by atoms with Crippen LogP contribution in [0.4, 0.5) is 0 Å². The Morgan fingerprint density at radius 3 is 2.63 bits per heavy atom. The van der Waals surface area contributed by atoms with Crippen molar-refractivity contribution in [2.75, 3.05) is 0 Å². The van der Waals surface area contributed by atoms with Gasteiger partial charge in [-0.2, -0.15) is 0 Å². The van der Waals surface area contributed by atoms with Crippen LogP contribution in [-0.4, -0.2) is 8.42 Å². The summed E-state index contributed by atoms with van der Waals surface area (Å²) in [5.41, 5.74) is 2.37. The van der Waals surface area contributed by atoms with Gasteiger partial charge in [-0.25, -0.2) is 13.6 Å². The van der Waals surface area contributed by atoms with Crippen molar-refractivity contribution in [1.82, 2.24) is 5.32 Å². The van der Waals surface area contributed by atoms with E-state index in [0.29, 0.717) is 18.8 Å². The van der Waals surface area contributed by atoms with Crippen LogP contribution < -0.4 is 10.5 Å². The fourth-order valence-electron chi connectivity index (χ4n) is 1.76. The van der Waals surface area contributed by atoms with E-state index in [4.69, 9.17) is 9.56 Å². The third-order valence-corrected chi connectivity index (χ3v) is 3.41. The minimum absolute atomic E-state index is 0.208. The average Bonchev–Trinajstić information content (AvgIpc) is 2.77. The summed E-state index contributed by atoms with van der Waals surface area (Å²) >= 11 is 0. The molecule has 0 atom stereocenters. The lowest BCUT2D eigenvalue weighted by atomic mass is 10.1. The number of nitrogens with one attached hydrogen (secondary N) is 1. The summed E-state index contributed by atoms with van der Waals surface area (Å²) in [7, 11) is -3.76. The highest BCUT2D eigenvalue weighted by molar-refractivity contribution is 7.89. The third-order valence-electron chi connectivity index (χ3n) is 2.63. The van der Waals surface area contributed by atoms with Crippen molar-refractivity contribution in [3.63, 3.8) is 0 Å². The summed E-state index contributed by atoms with van der Waals surface area (Å²) in [6, 6.07) is 11.1. The van der Waals surface area contributed by atoms with Gasteiger partial charge < -0.3 is 9.73 Å². The molecule has 2 aromatic rings. The fourth-order valence-corrected chi connectivity index (χ4v) is 2.24. The number of primary sulfonamides is 1. The zero-order valence-corrected chi connectivity index (χ0v) is 11.4. The van der Waals surface area contributed by atoms with E-state index in [1.807, 2.05) is 25.1 Å². The van der Waals surface area contributed by atoms with Crippen molar-refractivity contribution in [3.05, 3.63) is 53.3 Å². The summed E-state index contributed by atoms with van der Waals surface area (Å²) in [5.74, 6) is 0.539. The van der Waals surface area contributed by atoms with Gasteiger partial charge >= 0.3 is 0 Å². The SMILES string of the molecule is Cc1cccc(CNCc2ccc(S(N)(=O)=O)o2)c1. The second kappa shape index (κ2) is 5.56. The zero-order valence-electron chi connectivity index (χ0n) is 10.6. The highest BCUT2D eigenvalue weighted by Gasteiger charge is 2.12. The normalized spacial score (nSPS) is 11.7. The van der Waals surface area contributed by atoms with Crippen LogP contribution in [-0.2, 0) is 23.1 Å². The number of hydrogen-bond acceptors (Lipinski definition) is 4. The van der Waals surface area contributed by atoms with Crippen molar-refractivity contribution in [1.29, 1.82) is 0 Å². The lowest BCUT2D eigenvalue weighted by Crippen LogP contribution is -2.13. The van der Waals surface area contributed by atoms with E-state index in [9.17, 15) is 8.42 Å². The molecule has 1 aromatic carbocycles. The van der Waals surface area contributed by atoms with Gasteiger partial charge in [0.05, 0.1) is 6.54 Å². The third kappa shape index (κ3) is 3.92. The Labute approximate surface area is 112 Å². The van der Waals surface area contributed by atoms with Crippen molar-refractivity contribution in [3.8, 4) is 0 Å². The van der Waals surface area contributed by atoms with Crippen LogP contribution in [0.3, 0.4) is 0 Å². The number of sulfonamides is 1. The van der Waals surface area contributed by atoms with Gasteiger partial charge in [-0.3, -0.25) is 0 Å². The Hall–Kier alpha value is -1.63. The van der Waals surface area contributed by atoms with Gasteiger partial charge in [0.1, 0.15) is 5.76 Å². The maximum absolute atomic E-state index is 11.0. The van der Waals surface area contributed by atoms with E-state index in [2.05, 4.69) is 11.4 Å². The molecule has 0 aliphatic heterocycles. The van der Waals surface area contributed by atoms with E-state index in [1.165, 1.54) is 17.2 Å². The van der Waals surface area contributed by atoms with Crippen molar-refractivity contribution < 1.29 is 12.8 Å². The Balaban J connectivity index is 1.91. The Kier molecular flexibility index (Phi) is 4.04. The topological polar surface area (TPSA) is 85.3 Å². The van der Waals surface area contributed by atoms with Crippen LogP contribution in [0.1, 0.15) is 16.9 Å². The fraction of sp³-hybridized carbons (Fsp3) is 0.231.